The summed E-state index contributed by atoms with van der Waals surface area (Å²) < 4.78 is 0. The Bertz CT molecular complexity index is 329. The highest BCUT2D eigenvalue weighted by Crippen LogP contribution is 2.19. The van der Waals surface area contributed by atoms with Crippen molar-refractivity contribution in [2.45, 2.75) is 20.8 Å². The number of carbonyl (C=O) groups excluding carboxylic acids is 1. The van der Waals surface area contributed by atoms with Crippen LogP contribution < -0.4 is 0 Å². The van der Waals surface area contributed by atoms with Gasteiger partial charge in [-0.2, -0.15) is 0 Å². The highest BCUT2D eigenvalue weighted by molar-refractivity contribution is 6.68. The van der Waals surface area contributed by atoms with Crippen molar-refractivity contribution >= 4 is 16.8 Å². The van der Waals surface area contributed by atoms with Crippen molar-refractivity contribution in [2.75, 3.05) is 0 Å². The van der Waals surface area contributed by atoms with Gasteiger partial charge >= 0.3 is 0 Å². The minimum absolute atomic E-state index is 0.367. The normalized spacial score (nSPS) is 10.0. The average molecular weight is 183 g/mol. The monoisotopic (exact) mass is 182 g/mol. The van der Waals surface area contributed by atoms with Gasteiger partial charge in [0.1, 0.15) is 0 Å². The smallest absolute Gasteiger partial charge is 0.252 e. The van der Waals surface area contributed by atoms with E-state index < -0.39 is 0 Å². The predicted octanol–water partition coefficient (Wildman–Crippen LogP) is 2.99. The van der Waals surface area contributed by atoms with Gasteiger partial charge in [-0.1, -0.05) is 12.1 Å². The molecular weight excluding hydrogens is 172 g/mol. The van der Waals surface area contributed by atoms with E-state index in [2.05, 4.69) is 0 Å². The van der Waals surface area contributed by atoms with E-state index in [1.807, 2.05) is 32.9 Å². The highest BCUT2D eigenvalue weighted by atomic mass is 35.5. The van der Waals surface area contributed by atoms with Gasteiger partial charge in [-0.3, -0.25) is 4.79 Å². The maximum atomic E-state index is 11.0. The molecule has 0 aliphatic rings. The molecule has 2 heteroatoms. The molecule has 0 saturated carbocycles. The molecule has 0 aliphatic carbocycles. The van der Waals surface area contributed by atoms with Crippen molar-refractivity contribution in [3.63, 3.8) is 0 Å². The van der Waals surface area contributed by atoms with Crippen LogP contribution in [0.2, 0.25) is 0 Å². The number of rotatable bonds is 1. The Morgan fingerprint density at radius 3 is 2.08 bits per heavy atom. The number of hydrogen-bond acceptors (Lipinski definition) is 1. The summed E-state index contributed by atoms with van der Waals surface area (Å²) in [5.74, 6) is 0. The Labute approximate surface area is 77.4 Å². The Morgan fingerprint density at radius 2 is 1.67 bits per heavy atom. The first kappa shape index (κ1) is 9.27. The first-order valence-electron chi connectivity index (χ1n) is 3.80. The standard InChI is InChI=1S/C10H11ClO/c1-6-4-5-7(2)9(8(6)3)10(11)12/h4-5H,1-3H3. The van der Waals surface area contributed by atoms with Crippen LogP contribution in [-0.4, -0.2) is 5.24 Å². The summed E-state index contributed by atoms with van der Waals surface area (Å²) >= 11 is 5.45. The molecule has 1 nitrogen and oxygen atoms in total. The fourth-order valence-corrected chi connectivity index (χ4v) is 1.54. The molecule has 0 unspecified atom stereocenters. The van der Waals surface area contributed by atoms with E-state index in [1.54, 1.807) is 0 Å². The third kappa shape index (κ3) is 1.51. The van der Waals surface area contributed by atoms with Gasteiger partial charge in [-0.15, -0.1) is 0 Å². The van der Waals surface area contributed by atoms with Crippen molar-refractivity contribution in [3.05, 3.63) is 34.4 Å². The molecule has 0 spiro atoms. The molecule has 0 heterocycles. The predicted molar refractivity (Wildman–Crippen MR) is 50.8 cm³/mol. The van der Waals surface area contributed by atoms with Gasteiger partial charge in [0.25, 0.3) is 5.24 Å². The van der Waals surface area contributed by atoms with E-state index in [9.17, 15) is 4.79 Å². The lowest BCUT2D eigenvalue weighted by molar-refractivity contribution is 0.108. The Hall–Kier alpha value is -0.820. The molecule has 64 valence electrons. The van der Waals surface area contributed by atoms with E-state index in [-0.39, 0.29) is 5.24 Å². The second-order valence-electron chi connectivity index (χ2n) is 2.97. The van der Waals surface area contributed by atoms with Gasteiger partial charge in [-0.05, 0) is 49.1 Å². The van der Waals surface area contributed by atoms with Gasteiger partial charge in [0.05, 0.1) is 0 Å². The SMILES string of the molecule is Cc1ccc(C)c(C(=O)Cl)c1C. The summed E-state index contributed by atoms with van der Waals surface area (Å²) in [6.45, 7) is 5.78. The lowest BCUT2D eigenvalue weighted by Crippen LogP contribution is -1.99. The van der Waals surface area contributed by atoms with E-state index >= 15 is 0 Å². The van der Waals surface area contributed by atoms with Crippen molar-refractivity contribution in [2.24, 2.45) is 0 Å². The highest BCUT2D eigenvalue weighted by Gasteiger charge is 2.10. The molecule has 1 aromatic carbocycles. The molecule has 0 radical (unpaired) electrons. The fraction of sp³-hybridized carbons (Fsp3) is 0.300. The van der Waals surface area contributed by atoms with Crippen molar-refractivity contribution in [1.29, 1.82) is 0 Å². The molecule has 1 aromatic rings. The van der Waals surface area contributed by atoms with Crippen LogP contribution in [0.25, 0.3) is 0 Å². The number of aryl methyl sites for hydroxylation is 2. The fourth-order valence-electron chi connectivity index (χ4n) is 1.25. The minimum Gasteiger partial charge on any atom is -0.276 e. The zero-order chi connectivity index (χ0) is 9.30. The van der Waals surface area contributed by atoms with Crippen LogP contribution in [0.3, 0.4) is 0 Å². The van der Waals surface area contributed by atoms with Crippen LogP contribution in [0, 0.1) is 20.8 Å². The lowest BCUT2D eigenvalue weighted by Gasteiger charge is -2.07. The van der Waals surface area contributed by atoms with Crippen LogP contribution in [0.15, 0.2) is 12.1 Å². The van der Waals surface area contributed by atoms with Crippen LogP contribution in [0.4, 0.5) is 0 Å². The third-order valence-electron chi connectivity index (χ3n) is 2.14. The zero-order valence-electron chi connectivity index (χ0n) is 7.44. The van der Waals surface area contributed by atoms with Gasteiger partial charge in [0, 0.05) is 5.56 Å². The van der Waals surface area contributed by atoms with Crippen molar-refractivity contribution in [3.8, 4) is 0 Å². The van der Waals surface area contributed by atoms with E-state index in [0.29, 0.717) is 5.56 Å². The molecule has 12 heavy (non-hydrogen) atoms. The summed E-state index contributed by atoms with van der Waals surface area (Å²) in [6, 6.07) is 3.91. The Kier molecular flexibility index (Phi) is 2.53. The van der Waals surface area contributed by atoms with Crippen LogP contribution in [0.1, 0.15) is 27.0 Å². The van der Waals surface area contributed by atoms with Crippen LogP contribution in [0.5, 0.6) is 0 Å². The summed E-state index contributed by atoms with van der Waals surface area (Å²) in [5.41, 5.74) is 3.68. The van der Waals surface area contributed by atoms with Gasteiger partial charge in [-0.25, -0.2) is 0 Å². The zero-order valence-corrected chi connectivity index (χ0v) is 8.20. The average Bonchev–Trinajstić information content (AvgIpc) is 1.97. The second-order valence-corrected chi connectivity index (χ2v) is 3.32. The molecule has 0 bridgehead atoms. The quantitative estimate of drug-likeness (QED) is 0.611. The summed E-state index contributed by atoms with van der Waals surface area (Å²) in [5, 5.41) is -0.367. The first-order chi connectivity index (χ1) is 5.54. The molecule has 0 amide bonds. The second kappa shape index (κ2) is 3.28. The third-order valence-corrected chi connectivity index (χ3v) is 2.33. The van der Waals surface area contributed by atoms with Crippen LogP contribution >= 0.6 is 11.6 Å². The number of benzene rings is 1. The van der Waals surface area contributed by atoms with E-state index in [1.165, 1.54) is 0 Å². The molecule has 0 aliphatic heterocycles. The Balaban J connectivity index is 3.43. The van der Waals surface area contributed by atoms with Gasteiger partial charge < -0.3 is 0 Å². The topological polar surface area (TPSA) is 17.1 Å². The maximum absolute atomic E-state index is 11.0. The number of carbonyl (C=O) groups is 1. The number of hydrogen-bond donors (Lipinski definition) is 0. The molecule has 0 N–H and O–H groups in total. The molecule has 1 rings (SSSR count). The molecular formula is C10H11ClO. The molecule has 0 saturated heterocycles. The largest absolute Gasteiger partial charge is 0.276 e. The minimum atomic E-state index is -0.367. The van der Waals surface area contributed by atoms with Crippen molar-refractivity contribution < 1.29 is 4.79 Å². The van der Waals surface area contributed by atoms with Crippen molar-refractivity contribution in [1.82, 2.24) is 0 Å². The maximum Gasteiger partial charge on any atom is 0.252 e. The summed E-state index contributed by atoms with van der Waals surface area (Å²) in [7, 11) is 0. The summed E-state index contributed by atoms with van der Waals surface area (Å²) in [6.07, 6.45) is 0. The van der Waals surface area contributed by atoms with E-state index in [4.69, 9.17) is 11.6 Å². The first-order valence-corrected chi connectivity index (χ1v) is 4.18. The Morgan fingerprint density at radius 1 is 1.17 bits per heavy atom. The molecule has 0 atom stereocenters. The van der Waals surface area contributed by atoms with E-state index in [0.717, 1.165) is 16.7 Å². The summed E-state index contributed by atoms with van der Waals surface area (Å²) in [4.78, 5) is 11.0. The molecule has 0 aromatic heterocycles. The van der Waals surface area contributed by atoms with Gasteiger partial charge in [0.15, 0.2) is 0 Å². The lowest BCUT2D eigenvalue weighted by atomic mass is 9.99. The molecule has 0 fully saturated rings. The van der Waals surface area contributed by atoms with Gasteiger partial charge in [0.2, 0.25) is 0 Å². The van der Waals surface area contributed by atoms with Crippen LogP contribution in [-0.2, 0) is 0 Å². The number of halogens is 1.